The van der Waals surface area contributed by atoms with Gasteiger partial charge in [-0.3, -0.25) is 9.69 Å². The lowest BCUT2D eigenvalue weighted by atomic mass is 10.0. The molecule has 3 nitrogen and oxygen atoms in total. The van der Waals surface area contributed by atoms with Gasteiger partial charge in [-0.2, -0.15) is 0 Å². The highest BCUT2D eigenvalue weighted by molar-refractivity contribution is 5.73. The van der Waals surface area contributed by atoms with Crippen molar-refractivity contribution in [2.45, 2.75) is 50.6 Å². The van der Waals surface area contributed by atoms with E-state index < -0.39 is 12.0 Å². The third kappa shape index (κ3) is 2.44. The Morgan fingerprint density at radius 2 is 2.10 bits per heavy atom. The normalized spacial score (nSPS) is 27.1. The number of carboxylic acid groups (broad SMARTS) is 1. The van der Waals surface area contributed by atoms with Crippen molar-refractivity contribution < 1.29 is 14.3 Å². The standard InChI is InChI=1S/C16H20FNO2/c17-12-6-7-13-11(10-12)5-8-14(13)18-9-3-1-2-4-15(18)16(19)20/h6-7,10,14-15H,1-5,8-9H2,(H,19,20). The van der Waals surface area contributed by atoms with E-state index in [0.29, 0.717) is 0 Å². The van der Waals surface area contributed by atoms with Crippen LogP contribution in [0, 0.1) is 5.82 Å². The second kappa shape index (κ2) is 5.52. The van der Waals surface area contributed by atoms with Gasteiger partial charge >= 0.3 is 5.97 Å². The van der Waals surface area contributed by atoms with E-state index in [-0.39, 0.29) is 11.9 Å². The van der Waals surface area contributed by atoms with Gasteiger partial charge in [-0.25, -0.2) is 4.39 Å². The van der Waals surface area contributed by atoms with Crippen LogP contribution in [0.5, 0.6) is 0 Å². The Morgan fingerprint density at radius 3 is 2.90 bits per heavy atom. The second-order valence-corrected chi connectivity index (χ2v) is 5.84. The number of hydrogen-bond acceptors (Lipinski definition) is 2. The van der Waals surface area contributed by atoms with E-state index in [9.17, 15) is 14.3 Å². The van der Waals surface area contributed by atoms with E-state index in [1.807, 2.05) is 6.07 Å². The number of hydrogen-bond donors (Lipinski definition) is 1. The minimum atomic E-state index is -0.720. The second-order valence-electron chi connectivity index (χ2n) is 5.84. The number of aliphatic carboxylic acids is 1. The predicted molar refractivity (Wildman–Crippen MR) is 74.1 cm³/mol. The van der Waals surface area contributed by atoms with Crippen LogP contribution < -0.4 is 0 Å². The van der Waals surface area contributed by atoms with Gasteiger partial charge in [0, 0.05) is 6.04 Å². The van der Waals surface area contributed by atoms with E-state index in [1.54, 1.807) is 6.07 Å². The van der Waals surface area contributed by atoms with Crippen molar-refractivity contribution in [1.29, 1.82) is 0 Å². The Labute approximate surface area is 118 Å². The van der Waals surface area contributed by atoms with Gasteiger partial charge in [0.05, 0.1) is 0 Å². The first kappa shape index (κ1) is 13.6. The van der Waals surface area contributed by atoms with Crippen molar-refractivity contribution >= 4 is 5.97 Å². The SMILES string of the molecule is O=C(O)C1CCCCCN1C1CCc2cc(F)ccc21. The fraction of sp³-hybridized carbons (Fsp3) is 0.562. The van der Waals surface area contributed by atoms with Gasteiger partial charge in [-0.1, -0.05) is 18.9 Å². The number of carbonyl (C=O) groups is 1. The molecule has 0 saturated carbocycles. The Balaban J connectivity index is 1.90. The van der Waals surface area contributed by atoms with Crippen molar-refractivity contribution in [2.24, 2.45) is 0 Å². The van der Waals surface area contributed by atoms with Gasteiger partial charge in [0.25, 0.3) is 0 Å². The first-order valence-corrected chi connectivity index (χ1v) is 7.43. The monoisotopic (exact) mass is 277 g/mol. The molecule has 20 heavy (non-hydrogen) atoms. The van der Waals surface area contributed by atoms with Gasteiger partial charge in [-0.05, 0) is 55.5 Å². The first-order valence-electron chi connectivity index (χ1n) is 7.43. The van der Waals surface area contributed by atoms with Crippen LogP contribution in [0.1, 0.15) is 49.3 Å². The summed E-state index contributed by atoms with van der Waals surface area (Å²) < 4.78 is 13.3. The van der Waals surface area contributed by atoms with Gasteiger partial charge in [0.1, 0.15) is 11.9 Å². The molecular weight excluding hydrogens is 257 g/mol. The lowest BCUT2D eigenvalue weighted by Gasteiger charge is -2.33. The van der Waals surface area contributed by atoms with E-state index in [0.717, 1.165) is 56.2 Å². The number of likely N-dealkylation sites (tertiary alicyclic amines) is 1. The van der Waals surface area contributed by atoms with Gasteiger partial charge in [0.15, 0.2) is 0 Å². The Morgan fingerprint density at radius 1 is 1.25 bits per heavy atom. The summed E-state index contributed by atoms with van der Waals surface area (Å²) in [6.07, 6.45) is 5.61. The molecule has 2 aliphatic rings. The molecule has 0 bridgehead atoms. The summed E-state index contributed by atoms with van der Waals surface area (Å²) in [5, 5.41) is 9.48. The molecule has 108 valence electrons. The summed E-state index contributed by atoms with van der Waals surface area (Å²) in [6, 6.07) is 4.68. The largest absolute Gasteiger partial charge is 0.480 e. The Kier molecular flexibility index (Phi) is 3.74. The van der Waals surface area contributed by atoms with Crippen LogP contribution in [0.25, 0.3) is 0 Å². The summed E-state index contributed by atoms with van der Waals surface area (Å²) >= 11 is 0. The van der Waals surface area contributed by atoms with Crippen molar-refractivity contribution in [3.05, 3.63) is 35.1 Å². The molecular formula is C16H20FNO2. The molecule has 0 amide bonds. The molecule has 0 radical (unpaired) electrons. The molecule has 1 heterocycles. The highest BCUT2D eigenvalue weighted by Crippen LogP contribution is 2.38. The molecule has 0 spiro atoms. The first-order chi connectivity index (χ1) is 9.66. The lowest BCUT2D eigenvalue weighted by Crippen LogP contribution is -2.42. The molecule has 1 fully saturated rings. The Hall–Kier alpha value is -1.42. The van der Waals surface area contributed by atoms with Gasteiger partial charge < -0.3 is 5.11 Å². The third-order valence-electron chi connectivity index (χ3n) is 4.63. The van der Waals surface area contributed by atoms with Crippen molar-refractivity contribution in [1.82, 2.24) is 4.90 Å². The molecule has 1 aromatic rings. The maximum absolute atomic E-state index is 13.3. The van der Waals surface area contributed by atoms with Crippen molar-refractivity contribution in [3.8, 4) is 0 Å². The highest BCUT2D eigenvalue weighted by Gasteiger charge is 2.36. The maximum Gasteiger partial charge on any atom is 0.320 e. The molecule has 3 rings (SSSR count). The van der Waals surface area contributed by atoms with E-state index in [1.165, 1.54) is 6.07 Å². The molecule has 2 atom stereocenters. The fourth-order valence-electron chi connectivity index (χ4n) is 3.68. The molecule has 1 aliphatic carbocycles. The number of rotatable bonds is 2. The summed E-state index contributed by atoms with van der Waals surface area (Å²) in [4.78, 5) is 13.7. The van der Waals surface area contributed by atoms with Crippen molar-refractivity contribution in [2.75, 3.05) is 6.54 Å². The van der Waals surface area contributed by atoms with Gasteiger partial charge in [-0.15, -0.1) is 0 Å². The summed E-state index contributed by atoms with van der Waals surface area (Å²) in [6.45, 7) is 0.832. The zero-order valence-corrected chi connectivity index (χ0v) is 11.5. The smallest absolute Gasteiger partial charge is 0.320 e. The summed E-state index contributed by atoms with van der Waals surface area (Å²) in [5.41, 5.74) is 2.17. The van der Waals surface area contributed by atoms with Crippen LogP contribution >= 0.6 is 0 Å². The van der Waals surface area contributed by atoms with Gasteiger partial charge in [0.2, 0.25) is 0 Å². The van der Waals surface area contributed by atoms with E-state index >= 15 is 0 Å². The number of fused-ring (bicyclic) bond motifs is 1. The number of nitrogens with zero attached hydrogens (tertiary/aromatic N) is 1. The van der Waals surface area contributed by atoms with E-state index in [4.69, 9.17) is 0 Å². The number of carboxylic acids is 1. The topological polar surface area (TPSA) is 40.5 Å². The van der Waals surface area contributed by atoms with Crippen LogP contribution in [0.15, 0.2) is 18.2 Å². The zero-order valence-electron chi connectivity index (χ0n) is 11.5. The van der Waals surface area contributed by atoms with Crippen LogP contribution in [-0.4, -0.2) is 28.6 Å². The fourth-order valence-corrected chi connectivity index (χ4v) is 3.68. The Bertz CT molecular complexity index is 517. The van der Waals surface area contributed by atoms with Crippen LogP contribution in [-0.2, 0) is 11.2 Å². The molecule has 1 aliphatic heterocycles. The lowest BCUT2D eigenvalue weighted by molar-refractivity contribution is -0.144. The summed E-state index contributed by atoms with van der Waals surface area (Å²) in [7, 11) is 0. The maximum atomic E-state index is 13.3. The number of aryl methyl sites for hydroxylation is 1. The summed E-state index contributed by atoms with van der Waals surface area (Å²) in [5.74, 6) is -0.919. The predicted octanol–water partition coefficient (Wildman–Crippen LogP) is 3.14. The quantitative estimate of drug-likeness (QED) is 0.902. The molecule has 1 aromatic carbocycles. The minimum Gasteiger partial charge on any atom is -0.480 e. The average molecular weight is 277 g/mol. The molecule has 4 heteroatoms. The molecule has 1 saturated heterocycles. The highest BCUT2D eigenvalue weighted by atomic mass is 19.1. The van der Waals surface area contributed by atoms with Crippen molar-refractivity contribution in [3.63, 3.8) is 0 Å². The minimum absolute atomic E-state index is 0.143. The molecule has 2 unspecified atom stereocenters. The van der Waals surface area contributed by atoms with Crippen LogP contribution in [0.2, 0.25) is 0 Å². The third-order valence-corrected chi connectivity index (χ3v) is 4.63. The molecule has 1 N–H and O–H groups in total. The number of benzene rings is 1. The average Bonchev–Trinajstić information content (AvgIpc) is 2.67. The molecule has 0 aromatic heterocycles. The zero-order chi connectivity index (χ0) is 14.1. The van der Waals surface area contributed by atoms with Crippen LogP contribution in [0.3, 0.4) is 0 Å². The number of halogens is 1. The van der Waals surface area contributed by atoms with E-state index in [2.05, 4.69) is 4.90 Å². The van der Waals surface area contributed by atoms with Crippen LogP contribution in [0.4, 0.5) is 4.39 Å².